The lowest BCUT2D eigenvalue weighted by molar-refractivity contribution is -0.139. The third-order valence-electron chi connectivity index (χ3n) is 7.17. The number of unbranched alkanes of at least 4 members (excludes halogenated alkanes) is 2. The van der Waals surface area contributed by atoms with E-state index >= 15 is 0 Å². The topological polar surface area (TPSA) is 148 Å². The highest BCUT2D eigenvalue weighted by Crippen LogP contribution is 2.33. The second-order valence-electron chi connectivity index (χ2n) is 11.7. The number of hydrogen-bond acceptors (Lipinski definition) is 10. The zero-order valence-corrected chi connectivity index (χ0v) is 29.1. The highest BCUT2D eigenvalue weighted by atomic mass is 16.6. The number of carbonyl (C=O) groups excluding carboxylic acids is 4. The van der Waals surface area contributed by atoms with Crippen molar-refractivity contribution in [1.82, 2.24) is 10.6 Å². The number of alkyl carbamates (subject to hydrolysis) is 2. The molecule has 12 nitrogen and oxygen atoms in total. The number of ether oxygens (including phenoxy) is 6. The first kappa shape index (κ1) is 40.2. The normalized spacial score (nSPS) is 10.7. The smallest absolute Gasteiger partial charge is 0.407 e. The van der Waals surface area contributed by atoms with Gasteiger partial charge in [0.1, 0.15) is 37.9 Å². The van der Waals surface area contributed by atoms with Crippen LogP contribution in [0.2, 0.25) is 0 Å². The number of hydrogen-bond donors (Lipinski definition) is 2. The van der Waals surface area contributed by atoms with Gasteiger partial charge in [0.05, 0.1) is 13.2 Å². The van der Waals surface area contributed by atoms with E-state index in [1.54, 1.807) is 13.8 Å². The van der Waals surface area contributed by atoms with Crippen molar-refractivity contribution in [3.8, 4) is 11.5 Å². The summed E-state index contributed by atoms with van der Waals surface area (Å²) in [5.74, 6) is 0.488. The molecule has 0 aromatic heterocycles. The molecular formula is C37H50N2O10. The Morgan fingerprint density at radius 2 is 0.918 bits per heavy atom. The van der Waals surface area contributed by atoms with Gasteiger partial charge in [-0.2, -0.15) is 0 Å². The van der Waals surface area contributed by atoms with Crippen LogP contribution in [0.3, 0.4) is 0 Å². The molecule has 0 aliphatic heterocycles. The molecular weight excluding hydrogens is 632 g/mol. The van der Waals surface area contributed by atoms with E-state index in [2.05, 4.69) is 37.6 Å². The molecule has 2 aromatic rings. The van der Waals surface area contributed by atoms with Crippen molar-refractivity contribution in [3.05, 3.63) is 84.0 Å². The van der Waals surface area contributed by atoms with Gasteiger partial charge in [0.2, 0.25) is 0 Å². The summed E-state index contributed by atoms with van der Waals surface area (Å²) >= 11 is 0. The molecule has 0 unspecified atom stereocenters. The third-order valence-corrected chi connectivity index (χ3v) is 7.17. The summed E-state index contributed by atoms with van der Waals surface area (Å²) in [6.45, 7) is 16.5. The summed E-state index contributed by atoms with van der Waals surface area (Å²) in [4.78, 5) is 46.3. The average molecular weight is 683 g/mol. The largest absolute Gasteiger partial charge is 0.490 e. The maximum absolute atomic E-state index is 11.8. The van der Waals surface area contributed by atoms with E-state index < -0.39 is 24.1 Å². The van der Waals surface area contributed by atoms with Crippen molar-refractivity contribution in [2.45, 2.75) is 58.8 Å². The van der Waals surface area contributed by atoms with Crippen molar-refractivity contribution < 1.29 is 47.6 Å². The van der Waals surface area contributed by atoms with Gasteiger partial charge >= 0.3 is 24.1 Å². The fraction of sp³-hybridized carbons (Fsp3) is 0.459. The molecule has 2 rings (SSSR count). The lowest BCUT2D eigenvalue weighted by atomic mass is 9.78. The molecule has 0 radical (unpaired) electrons. The lowest BCUT2D eigenvalue weighted by Crippen LogP contribution is -2.27. The Kier molecular flexibility index (Phi) is 17.9. The van der Waals surface area contributed by atoms with Crippen LogP contribution < -0.4 is 20.1 Å². The van der Waals surface area contributed by atoms with Crippen LogP contribution in [-0.4, -0.2) is 76.9 Å². The van der Waals surface area contributed by atoms with E-state index in [1.807, 2.05) is 48.5 Å². The number of rotatable bonds is 22. The number of benzene rings is 2. The van der Waals surface area contributed by atoms with Gasteiger partial charge in [-0.3, -0.25) is 0 Å². The third kappa shape index (κ3) is 16.1. The summed E-state index contributed by atoms with van der Waals surface area (Å²) in [6.07, 6.45) is 1.48. The van der Waals surface area contributed by atoms with Gasteiger partial charge < -0.3 is 39.1 Å². The number of amides is 2. The fourth-order valence-corrected chi connectivity index (χ4v) is 4.20. The van der Waals surface area contributed by atoms with Gasteiger partial charge in [0.25, 0.3) is 0 Å². The first-order chi connectivity index (χ1) is 23.4. The fourth-order valence-electron chi connectivity index (χ4n) is 4.20. The Morgan fingerprint density at radius 1 is 0.551 bits per heavy atom. The molecule has 0 fully saturated rings. The van der Waals surface area contributed by atoms with Crippen LogP contribution in [0.25, 0.3) is 0 Å². The lowest BCUT2D eigenvalue weighted by Gasteiger charge is -2.26. The molecule has 0 aliphatic rings. The molecule has 0 saturated carbocycles. The molecule has 2 aromatic carbocycles. The van der Waals surface area contributed by atoms with Crippen molar-refractivity contribution >= 4 is 24.1 Å². The van der Waals surface area contributed by atoms with Crippen LogP contribution >= 0.6 is 0 Å². The van der Waals surface area contributed by atoms with Gasteiger partial charge in [-0.25, -0.2) is 19.2 Å². The molecule has 0 heterocycles. The van der Waals surface area contributed by atoms with E-state index in [1.165, 1.54) is 0 Å². The highest BCUT2D eigenvalue weighted by Gasteiger charge is 2.23. The second kappa shape index (κ2) is 21.8. The molecule has 0 aliphatic carbocycles. The van der Waals surface area contributed by atoms with Crippen LogP contribution in [0.5, 0.6) is 11.5 Å². The van der Waals surface area contributed by atoms with Gasteiger partial charge in [-0.15, -0.1) is 0 Å². The van der Waals surface area contributed by atoms with Crippen LogP contribution in [0.1, 0.15) is 64.5 Å². The van der Waals surface area contributed by atoms with E-state index in [4.69, 9.17) is 28.4 Å². The Morgan fingerprint density at radius 3 is 1.27 bits per heavy atom. The molecule has 0 saturated heterocycles. The highest BCUT2D eigenvalue weighted by molar-refractivity contribution is 5.87. The number of carbonyl (C=O) groups is 4. The van der Waals surface area contributed by atoms with Gasteiger partial charge in [-0.1, -0.05) is 51.3 Å². The van der Waals surface area contributed by atoms with Gasteiger partial charge in [-0.05, 0) is 74.9 Å². The van der Waals surface area contributed by atoms with Crippen LogP contribution in [0, 0.1) is 0 Å². The van der Waals surface area contributed by atoms with E-state index in [9.17, 15) is 19.2 Å². The molecule has 0 spiro atoms. The van der Waals surface area contributed by atoms with Crippen LogP contribution in [0.4, 0.5) is 9.59 Å². The van der Waals surface area contributed by atoms with Crippen molar-refractivity contribution in [1.29, 1.82) is 0 Å². The van der Waals surface area contributed by atoms with Crippen LogP contribution in [0.15, 0.2) is 72.8 Å². The summed E-state index contributed by atoms with van der Waals surface area (Å²) < 4.78 is 31.7. The summed E-state index contributed by atoms with van der Waals surface area (Å²) in [6, 6.07) is 15.5. The molecule has 0 atom stereocenters. The zero-order chi connectivity index (χ0) is 36.1. The molecule has 0 bridgehead atoms. The second-order valence-corrected chi connectivity index (χ2v) is 11.7. The van der Waals surface area contributed by atoms with Crippen molar-refractivity contribution in [2.75, 3.05) is 52.7 Å². The van der Waals surface area contributed by atoms with Crippen molar-refractivity contribution in [2.24, 2.45) is 0 Å². The first-order valence-electron chi connectivity index (χ1n) is 16.3. The predicted octanol–water partition coefficient (Wildman–Crippen LogP) is 6.02. The Balaban J connectivity index is 1.62. The summed E-state index contributed by atoms with van der Waals surface area (Å²) in [5, 5.41) is 5.31. The summed E-state index contributed by atoms with van der Waals surface area (Å²) in [5.41, 5.74) is 2.60. The minimum absolute atomic E-state index is 0.0980. The molecule has 2 amide bonds. The Bertz CT molecular complexity index is 1270. The monoisotopic (exact) mass is 682 g/mol. The minimum Gasteiger partial charge on any atom is -0.490 e. The number of esters is 2. The first-order valence-corrected chi connectivity index (χ1v) is 16.3. The predicted molar refractivity (Wildman–Crippen MR) is 185 cm³/mol. The molecule has 2 N–H and O–H groups in total. The molecule has 49 heavy (non-hydrogen) atoms. The SMILES string of the molecule is C=C(C)C(=O)OCCCCNC(=O)OCCOc1ccc(C(C)(C)c2ccc(OCCOC(=O)NCCCCOC(=O)C(=C)C)cc2)cc1. The molecule has 268 valence electrons. The van der Waals surface area contributed by atoms with E-state index in [0.29, 0.717) is 61.4 Å². The maximum atomic E-state index is 11.8. The zero-order valence-electron chi connectivity index (χ0n) is 29.1. The Hall–Kier alpha value is -5.00. The standard InChI is InChI=1S/C37H50N2O10/c1-27(2)33(40)46-21-9-7-19-38-35(42)48-25-23-44-31-15-11-29(12-16-31)37(5,6)30-13-17-32(18-14-30)45-24-26-49-36(43)39-20-8-10-22-47-34(41)28(3)4/h11-18H,1,3,7-10,19-26H2,2,4-6H3,(H,38,42)(H,39,43). The quantitative estimate of drug-likeness (QED) is 0.0654. The van der Waals surface area contributed by atoms with Gasteiger partial charge in [0.15, 0.2) is 0 Å². The summed E-state index contributed by atoms with van der Waals surface area (Å²) in [7, 11) is 0. The molecule has 12 heteroatoms. The average Bonchev–Trinajstić information content (AvgIpc) is 3.08. The van der Waals surface area contributed by atoms with Gasteiger partial charge in [0, 0.05) is 29.7 Å². The van der Waals surface area contributed by atoms with Crippen molar-refractivity contribution in [3.63, 3.8) is 0 Å². The number of nitrogens with one attached hydrogen (secondary N) is 2. The Labute approximate surface area is 289 Å². The van der Waals surface area contributed by atoms with Crippen LogP contribution in [-0.2, 0) is 34.0 Å². The maximum Gasteiger partial charge on any atom is 0.407 e. The minimum atomic E-state index is -0.530. The van der Waals surface area contributed by atoms with E-state index in [0.717, 1.165) is 11.1 Å². The van der Waals surface area contributed by atoms with E-state index in [-0.39, 0.29) is 45.1 Å².